The molecule has 4 bridgehead atoms. The largest absolute Gasteiger partial charge is 0.373 e. The number of hydrogen-bond acceptors (Lipinski definition) is 8. The van der Waals surface area contributed by atoms with Crippen LogP contribution in [0.5, 0.6) is 0 Å². The summed E-state index contributed by atoms with van der Waals surface area (Å²) in [5.41, 5.74) is -0.651. The molecular formula is C26H42N2O6. The van der Waals surface area contributed by atoms with Gasteiger partial charge in [-0.1, -0.05) is 0 Å². The van der Waals surface area contributed by atoms with Crippen molar-refractivity contribution in [1.29, 1.82) is 0 Å². The summed E-state index contributed by atoms with van der Waals surface area (Å²) in [5.74, 6) is 0.0153. The SMILES string of the molecule is CC(C)(C)O[C@@H]1[C@H]2[C@H]3CO[C@@H]1CN2CCC(=O)[C@@H]1CO[C@@H]2CN(CCC3=O)[C@H]1[C@H]2OC(C)(C)C. The van der Waals surface area contributed by atoms with E-state index in [1.54, 1.807) is 0 Å². The third kappa shape index (κ3) is 4.74. The molecule has 34 heavy (non-hydrogen) atoms. The van der Waals surface area contributed by atoms with Crippen LogP contribution in [0.3, 0.4) is 0 Å². The highest BCUT2D eigenvalue weighted by molar-refractivity contribution is 5.83. The van der Waals surface area contributed by atoms with Crippen molar-refractivity contribution in [2.45, 2.75) is 102 Å². The molecule has 192 valence electrons. The van der Waals surface area contributed by atoms with Crippen LogP contribution in [-0.2, 0) is 28.5 Å². The van der Waals surface area contributed by atoms with Gasteiger partial charge in [0.05, 0.1) is 60.5 Å². The van der Waals surface area contributed by atoms with Gasteiger partial charge in [-0.15, -0.1) is 0 Å². The standard InChI is InChI=1S/C26H42N2O6/c1-25(2,3)33-23-19-11-27-9-7-18(30)16-14-32-20-12-28(22(16)24(20)34-26(4,5)6)10-8-17(29)15(13-31-19)21(23)27/h15-16,19-24H,7-14H2,1-6H3/t15-,16-,19+,20+,21+,22+,23-,24-/m0/s1. The Bertz CT molecular complexity index is 738. The van der Waals surface area contributed by atoms with Crippen LogP contribution in [0.1, 0.15) is 54.4 Å². The summed E-state index contributed by atoms with van der Waals surface area (Å²) in [5, 5.41) is 0. The van der Waals surface area contributed by atoms with Crippen LogP contribution >= 0.6 is 0 Å². The van der Waals surface area contributed by atoms with Crippen LogP contribution in [0.15, 0.2) is 0 Å². The first-order chi connectivity index (χ1) is 15.9. The van der Waals surface area contributed by atoms with Crippen LogP contribution < -0.4 is 0 Å². The molecule has 5 saturated heterocycles. The van der Waals surface area contributed by atoms with E-state index in [1.165, 1.54) is 0 Å². The molecule has 8 atom stereocenters. The van der Waals surface area contributed by atoms with Crippen molar-refractivity contribution in [2.24, 2.45) is 11.8 Å². The van der Waals surface area contributed by atoms with Gasteiger partial charge in [-0.2, -0.15) is 0 Å². The van der Waals surface area contributed by atoms with Crippen molar-refractivity contribution in [2.75, 3.05) is 39.4 Å². The second kappa shape index (κ2) is 8.89. The zero-order valence-corrected chi connectivity index (χ0v) is 21.6. The normalized spacial score (nSPS) is 41.9. The molecule has 8 heteroatoms. The van der Waals surface area contributed by atoms with E-state index in [1.807, 2.05) is 41.5 Å². The summed E-state index contributed by atoms with van der Waals surface area (Å²) < 4.78 is 25.2. The van der Waals surface area contributed by atoms with Crippen molar-refractivity contribution in [3.8, 4) is 0 Å². The molecule has 5 aliphatic heterocycles. The number of nitrogens with zero attached hydrogens (tertiary/aromatic N) is 2. The van der Waals surface area contributed by atoms with Gasteiger partial charge in [0.1, 0.15) is 23.8 Å². The van der Waals surface area contributed by atoms with E-state index in [4.69, 9.17) is 18.9 Å². The molecule has 0 spiro atoms. The molecule has 5 heterocycles. The lowest BCUT2D eigenvalue weighted by Crippen LogP contribution is -2.56. The van der Waals surface area contributed by atoms with Gasteiger partial charge in [0.25, 0.3) is 0 Å². The highest BCUT2D eigenvalue weighted by atomic mass is 16.6. The summed E-state index contributed by atoms with van der Waals surface area (Å²) in [4.78, 5) is 31.7. The minimum Gasteiger partial charge on any atom is -0.373 e. The Balaban J connectivity index is 1.41. The zero-order valence-electron chi connectivity index (χ0n) is 21.6. The van der Waals surface area contributed by atoms with E-state index >= 15 is 0 Å². The highest BCUT2D eigenvalue weighted by Gasteiger charge is 2.56. The first-order valence-electron chi connectivity index (χ1n) is 13.0. The maximum Gasteiger partial charge on any atom is 0.141 e. The fourth-order valence-corrected chi connectivity index (χ4v) is 6.72. The van der Waals surface area contributed by atoms with Gasteiger partial charge in [0.15, 0.2) is 0 Å². The van der Waals surface area contributed by atoms with Gasteiger partial charge < -0.3 is 18.9 Å². The number of Topliss-reactive ketones (excluding diaryl/α,β-unsaturated/α-hetero) is 2. The summed E-state index contributed by atoms with van der Waals surface area (Å²) in [6.45, 7) is 15.8. The molecule has 8 nitrogen and oxygen atoms in total. The fraction of sp³-hybridized carbons (Fsp3) is 0.923. The molecule has 5 aliphatic rings. The molecule has 0 aromatic heterocycles. The average Bonchev–Trinajstić information content (AvgIpc) is 3.04. The number of carbonyl (C=O) groups is 2. The van der Waals surface area contributed by atoms with Crippen LogP contribution in [0.25, 0.3) is 0 Å². The molecule has 0 aliphatic carbocycles. The Labute approximate surface area is 203 Å². The van der Waals surface area contributed by atoms with E-state index in [-0.39, 0.29) is 71.1 Å². The van der Waals surface area contributed by atoms with Crippen molar-refractivity contribution < 1.29 is 28.5 Å². The predicted octanol–water partition coefficient (Wildman–Crippen LogP) is 1.68. The Hall–Kier alpha value is -0.900. The predicted molar refractivity (Wildman–Crippen MR) is 126 cm³/mol. The Morgan fingerprint density at radius 2 is 1.09 bits per heavy atom. The maximum atomic E-state index is 13.6. The van der Waals surface area contributed by atoms with Crippen molar-refractivity contribution in [3.63, 3.8) is 0 Å². The number of hydrogen-bond donors (Lipinski definition) is 0. The fourth-order valence-electron chi connectivity index (χ4n) is 6.72. The van der Waals surface area contributed by atoms with Crippen LogP contribution in [0.4, 0.5) is 0 Å². The van der Waals surface area contributed by atoms with Gasteiger partial charge >= 0.3 is 0 Å². The van der Waals surface area contributed by atoms with Gasteiger partial charge in [-0.25, -0.2) is 0 Å². The maximum absolute atomic E-state index is 13.6. The first-order valence-corrected chi connectivity index (χ1v) is 13.0. The van der Waals surface area contributed by atoms with E-state index in [0.717, 1.165) is 0 Å². The number of fused-ring (bicyclic) bond motifs is 2. The lowest BCUT2D eigenvalue weighted by atomic mass is 9.85. The Kier molecular flexibility index (Phi) is 6.48. The van der Waals surface area contributed by atoms with Gasteiger partial charge in [0, 0.05) is 39.0 Å². The third-order valence-corrected chi connectivity index (χ3v) is 7.98. The molecule has 0 saturated carbocycles. The molecule has 5 rings (SSSR count). The molecular weight excluding hydrogens is 436 g/mol. The van der Waals surface area contributed by atoms with Crippen LogP contribution in [-0.4, -0.2) is 108 Å². The summed E-state index contributed by atoms with van der Waals surface area (Å²) in [6, 6.07) is -0.0618. The lowest BCUT2D eigenvalue weighted by Gasteiger charge is -2.42. The average molecular weight is 479 g/mol. The third-order valence-electron chi connectivity index (χ3n) is 7.98. The van der Waals surface area contributed by atoms with Gasteiger partial charge in [-0.05, 0) is 41.5 Å². The van der Waals surface area contributed by atoms with Crippen LogP contribution in [0.2, 0.25) is 0 Å². The van der Waals surface area contributed by atoms with E-state index in [9.17, 15) is 9.59 Å². The topological polar surface area (TPSA) is 77.5 Å². The monoisotopic (exact) mass is 478 g/mol. The number of ketones is 2. The highest BCUT2D eigenvalue weighted by Crippen LogP contribution is 2.40. The first kappa shape index (κ1) is 24.8. The minimum atomic E-state index is -0.326. The van der Waals surface area contributed by atoms with Gasteiger partial charge in [0.2, 0.25) is 0 Å². The summed E-state index contributed by atoms with van der Waals surface area (Å²) >= 11 is 0. The second-order valence-corrected chi connectivity index (χ2v) is 12.7. The molecule has 0 aromatic rings. The molecule has 0 unspecified atom stereocenters. The number of ether oxygens (including phenoxy) is 4. The van der Waals surface area contributed by atoms with Crippen molar-refractivity contribution in [1.82, 2.24) is 9.80 Å². The van der Waals surface area contributed by atoms with E-state index in [2.05, 4.69) is 9.80 Å². The smallest absolute Gasteiger partial charge is 0.141 e. The number of rotatable bonds is 2. The van der Waals surface area contributed by atoms with Crippen LogP contribution in [0, 0.1) is 11.8 Å². The molecule has 5 fully saturated rings. The second-order valence-electron chi connectivity index (χ2n) is 12.7. The summed E-state index contributed by atoms with van der Waals surface area (Å²) in [7, 11) is 0. The minimum absolute atomic E-state index is 0.0309. The van der Waals surface area contributed by atoms with E-state index < -0.39 is 0 Å². The lowest BCUT2D eigenvalue weighted by molar-refractivity contribution is -0.169. The Morgan fingerprint density at radius 1 is 0.706 bits per heavy atom. The Morgan fingerprint density at radius 3 is 1.44 bits per heavy atom. The molecule has 0 amide bonds. The van der Waals surface area contributed by atoms with Crippen molar-refractivity contribution >= 4 is 11.6 Å². The summed E-state index contributed by atoms with van der Waals surface area (Å²) in [6.07, 6.45) is 0.475. The van der Waals surface area contributed by atoms with Crippen molar-refractivity contribution in [3.05, 3.63) is 0 Å². The number of carbonyl (C=O) groups excluding carboxylic acids is 2. The van der Waals surface area contributed by atoms with E-state index in [0.29, 0.717) is 52.2 Å². The molecule has 0 radical (unpaired) electrons. The molecule has 0 aromatic carbocycles. The van der Waals surface area contributed by atoms with Gasteiger partial charge in [-0.3, -0.25) is 19.4 Å². The molecule has 0 N–H and O–H groups in total. The zero-order chi connectivity index (χ0) is 24.4. The quantitative estimate of drug-likeness (QED) is 0.594.